The summed E-state index contributed by atoms with van der Waals surface area (Å²) < 4.78 is 21.6. The van der Waals surface area contributed by atoms with Gasteiger partial charge in [0.15, 0.2) is 16.9 Å². The Morgan fingerprint density at radius 1 is 1.00 bits per heavy atom. The lowest BCUT2D eigenvalue weighted by Crippen LogP contribution is -2.55. The molecule has 2 heterocycles. The standard InChI is InChI=1S/C24H24O12/c1-9(25)34-8-17-20(29)22(31)23(32)24(36-17)19-15(33-2)7-16-18(21(19)30)13(28)6-14(35-16)10-3-4-11(26)12(27)5-10/h3-7,17,20,22-24,26-27,29-32H,8H2,1-2H3/t17-,20-,22+,23-,24+/m1/s1. The Morgan fingerprint density at radius 2 is 1.72 bits per heavy atom. The number of aromatic hydroxyl groups is 3. The van der Waals surface area contributed by atoms with E-state index in [-0.39, 0.29) is 39.4 Å². The number of fused-ring (bicyclic) bond motifs is 1. The summed E-state index contributed by atoms with van der Waals surface area (Å²) in [6.45, 7) is 0.696. The number of benzene rings is 2. The zero-order valence-corrected chi connectivity index (χ0v) is 19.1. The van der Waals surface area contributed by atoms with E-state index in [9.17, 15) is 40.2 Å². The van der Waals surface area contributed by atoms with Crippen LogP contribution in [0.4, 0.5) is 0 Å². The lowest BCUT2D eigenvalue weighted by atomic mass is 9.89. The molecule has 0 aliphatic carbocycles. The Labute approximate surface area is 203 Å². The van der Waals surface area contributed by atoms with Crippen LogP contribution in [0.3, 0.4) is 0 Å². The maximum absolute atomic E-state index is 13.0. The summed E-state index contributed by atoms with van der Waals surface area (Å²) in [4.78, 5) is 24.2. The molecule has 6 N–H and O–H groups in total. The molecule has 4 rings (SSSR count). The van der Waals surface area contributed by atoms with Gasteiger partial charge in [-0.15, -0.1) is 0 Å². The average molecular weight is 504 g/mol. The Kier molecular flexibility index (Phi) is 6.78. The first-order valence-electron chi connectivity index (χ1n) is 10.8. The molecule has 2 aromatic carbocycles. The normalized spacial score (nSPS) is 24.0. The largest absolute Gasteiger partial charge is 0.506 e. The van der Waals surface area contributed by atoms with Crippen LogP contribution in [-0.2, 0) is 14.3 Å². The van der Waals surface area contributed by atoms with E-state index in [0.29, 0.717) is 0 Å². The fourth-order valence-electron chi connectivity index (χ4n) is 4.08. The summed E-state index contributed by atoms with van der Waals surface area (Å²) in [5, 5.41) is 61.4. The van der Waals surface area contributed by atoms with E-state index in [0.717, 1.165) is 13.0 Å². The van der Waals surface area contributed by atoms with E-state index in [1.54, 1.807) is 0 Å². The van der Waals surface area contributed by atoms with E-state index in [1.165, 1.54) is 31.4 Å². The van der Waals surface area contributed by atoms with Gasteiger partial charge in [0.05, 0.1) is 12.7 Å². The number of methoxy groups -OCH3 is 1. The number of phenols is 3. The van der Waals surface area contributed by atoms with Crippen LogP contribution in [0.15, 0.2) is 39.5 Å². The molecule has 0 radical (unpaired) electrons. The van der Waals surface area contributed by atoms with Crippen LogP contribution in [0.2, 0.25) is 0 Å². The first-order chi connectivity index (χ1) is 17.0. The van der Waals surface area contributed by atoms with Crippen LogP contribution in [0.1, 0.15) is 18.6 Å². The molecular weight excluding hydrogens is 480 g/mol. The zero-order valence-electron chi connectivity index (χ0n) is 19.1. The summed E-state index contributed by atoms with van der Waals surface area (Å²) in [7, 11) is 1.25. The number of aliphatic hydroxyl groups is 3. The van der Waals surface area contributed by atoms with Crippen molar-refractivity contribution in [2.24, 2.45) is 0 Å². The number of carbonyl (C=O) groups excluding carboxylic acids is 1. The highest BCUT2D eigenvalue weighted by Gasteiger charge is 2.46. The minimum absolute atomic E-state index is 0.0194. The third-order valence-corrected chi connectivity index (χ3v) is 5.92. The average Bonchev–Trinajstić information content (AvgIpc) is 2.83. The molecule has 3 aromatic rings. The minimum atomic E-state index is -1.75. The van der Waals surface area contributed by atoms with Crippen LogP contribution >= 0.6 is 0 Å². The predicted octanol–water partition coefficient (Wildman–Crippen LogP) is 0.671. The van der Waals surface area contributed by atoms with Gasteiger partial charge in [-0.25, -0.2) is 0 Å². The van der Waals surface area contributed by atoms with Crippen LogP contribution < -0.4 is 10.2 Å². The molecule has 192 valence electrons. The number of esters is 1. The van der Waals surface area contributed by atoms with Crippen LogP contribution in [0.25, 0.3) is 22.3 Å². The van der Waals surface area contributed by atoms with Gasteiger partial charge >= 0.3 is 5.97 Å². The van der Waals surface area contributed by atoms with Crippen LogP contribution in [0.5, 0.6) is 23.0 Å². The maximum atomic E-state index is 13.0. The number of ether oxygens (including phenoxy) is 3. The molecule has 1 saturated heterocycles. The van der Waals surface area contributed by atoms with Crippen molar-refractivity contribution in [3.05, 3.63) is 46.1 Å². The first kappa shape index (κ1) is 25.3. The van der Waals surface area contributed by atoms with Gasteiger partial charge in [0.1, 0.15) is 65.4 Å². The van der Waals surface area contributed by atoms with Gasteiger partial charge in [-0.2, -0.15) is 0 Å². The number of rotatable bonds is 5. The minimum Gasteiger partial charge on any atom is -0.506 e. The van der Waals surface area contributed by atoms with Crippen molar-refractivity contribution in [3.8, 4) is 34.3 Å². The maximum Gasteiger partial charge on any atom is 0.302 e. The molecule has 0 amide bonds. The topological polar surface area (TPSA) is 196 Å². The molecule has 0 unspecified atom stereocenters. The molecule has 1 aromatic heterocycles. The lowest BCUT2D eigenvalue weighted by Gasteiger charge is -2.41. The second-order valence-corrected chi connectivity index (χ2v) is 8.26. The fraction of sp³-hybridized carbons (Fsp3) is 0.333. The molecule has 36 heavy (non-hydrogen) atoms. The molecule has 0 spiro atoms. The molecule has 1 aliphatic rings. The zero-order chi connectivity index (χ0) is 26.3. The highest BCUT2D eigenvalue weighted by molar-refractivity contribution is 5.88. The summed E-state index contributed by atoms with van der Waals surface area (Å²) in [6, 6.07) is 6.14. The molecule has 0 bridgehead atoms. The number of aliphatic hydroxyl groups excluding tert-OH is 3. The van der Waals surface area contributed by atoms with Gasteiger partial charge in [-0.1, -0.05) is 0 Å². The summed E-state index contributed by atoms with van der Waals surface area (Å²) in [6.07, 6.45) is -7.87. The lowest BCUT2D eigenvalue weighted by molar-refractivity contribution is -0.234. The van der Waals surface area contributed by atoms with Crippen LogP contribution in [0, 0.1) is 0 Å². The third kappa shape index (κ3) is 4.42. The Hall–Kier alpha value is -3.84. The Bertz CT molecular complexity index is 1360. The van der Waals surface area contributed by atoms with Gasteiger partial charge in [-0.3, -0.25) is 9.59 Å². The van der Waals surface area contributed by atoms with Crippen molar-refractivity contribution < 1.29 is 54.1 Å². The molecule has 12 nitrogen and oxygen atoms in total. The van der Waals surface area contributed by atoms with Gasteiger partial charge in [0.2, 0.25) is 0 Å². The van der Waals surface area contributed by atoms with E-state index in [2.05, 4.69) is 0 Å². The van der Waals surface area contributed by atoms with E-state index in [1.807, 2.05) is 0 Å². The number of phenolic OH excluding ortho intramolecular Hbond substituents is 3. The van der Waals surface area contributed by atoms with Gasteiger partial charge in [-0.05, 0) is 18.2 Å². The summed E-state index contributed by atoms with van der Waals surface area (Å²) in [5.74, 6) is -2.17. The third-order valence-electron chi connectivity index (χ3n) is 5.92. The highest BCUT2D eigenvalue weighted by atomic mass is 16.6. The predicted molar refractivity (Wildman–Crippen MR) is 122 cm³/mol. The van der Waals surface area contributed by atoms with E-state index < -0.39 is 60.0 Å². The Balaban J connectivity index is 1.83. The second kappa shape index (κ2) is 9.66. The molecule has 1 fully saturated rings. The number of hydrogen-bond donors (Lipinski definition) is 6. The van der Waals surface area contributed by atoms with Crippen molar-refractivity contribution in [2.45, 2.75) is 37.4 Å². The highest BCUT2D eigenvalue weighted by Crippen LogP contribution is 2.45. The van der Waals surface area contributed by atoms with E-state index in [4.69, 9.17) is 18.6 Å². The first-order valence-corrected chi connectivity index (χ1v) is 10.8. The number of hydrogen-bond acceptors (Lipinski definition) is 12. The SMILES string of the molecule is COc1cc2oc(-c3ccc(O)c(O)c3)cc(=O)c2c(O)c1[C@@H]1O[C@H](COC(C)=O)[C@@H](O)[C@H](O)[C@H]1O. The molecular formula is C24H24O12. The monoisotopic (exact) mass is 504 g/mol. The smallest absolute Gasteiger partial charge is 0.302 e. The van der Waals surface area contributed by atoms with Crippen molar-refractivity contribution in [2.75, 3.05) is 13.7 Å². The van der Waals surface area contributed by atoms with Crippen LogP contribution in [-0.4, -0.2) is 74.7 Å². The summed E-state index contributed by atoms with van der Waals surface area (Å²) >= 11 is 0. The molecule has 12 heteroatoms. The van der Waals surface area contributed by atoms with Crippen molar-refractivity contribution >= 4 is 16.9 Å². The van der Waals surface area contributed by atoms with Crippen molar-refractivity contribution in [1.82, 2.24) is 0 Å². The Morgan fingerprint density at radius 3 is 2.36 bits per heavy atom. The van der Waals surface area contributed by atoms with Crippen molar-refractivity contribution in [1.29, 1.82) is 0 Å². The van der Waals surface area contributed by atoms with Gasteiger partial charge in [0.25, 0.3) is 0 Å². The fourth-order valence-corrected chi connectivity index (χ4v) is 4.08. The molecule has 0 saturated carbocycles. The molecule has 5 atom stereocenters. The van der Waals surface area contributed by atoms with Gasteiger partial charge in [0, 0.05) is 24.6 Å². The summed E-state index contributed by atoms with van der Waals surface area (Å²) in [5.41, 5.74) is -0.727. The van der Waals surface area contributed by atoms with Gasteiger partial charge < -0.3 is 49.3 Å². The molecule has 1 aliphatic heterocycles. The van der Waals surface area contributed by atoms with Crippen molar-refractivity contribution in [3.63, 3.8) is 0 Å². The van der Waals surface area contributed by atoms with E-state index >= 15 is 0 Å². The quantitative estimate of drug-likeness (QED) is 0.210. The second-order valence-electron chi connectivity index (χ2n) is 8.26. The number of carbonyl (C=O) groups is 1.